The van der Waals surface area contributed by atoms with Crippen molar-refractivity contribution in [2.75, 3.05) is 13.7 Å². The van der Waals surface area contributed by atoms with E-state index >= 15 is 0 Å². The summed E-state index contributed by atoms with van der Waals surface area (Å²) in [6.07, 6.45) is 7.02. The summed E-state index contributed by atoms with van der Waals surface area (Å²) in [5.74, 6) is 3.22. The zero-order valence-electron chi connectivity index (χ0n) is 11.6. The van der Waals surface area contributed by atoms with Crippen molar-refractivity contribution in [2.24, 2.45) is 10.2 Å². The number of benzene rings is 1. The van der Waals surface area contributed by atoms with Gasteiger partial charge in [0.25, 0.3) is 0 Å². The number of nitrogens with zero attached hydrogens (tertiary/aromatic N) is 3. The third kappa shape index (κ3) is 3.69. The maximum absolute atomic E-state index is 11.0. The first-order valence-electron chi connectivity index (χ1n) is 6.43. The van der Waals surface area contributed by atoms with Gasteiger partial charge in [-0.15, -0.1) is 12.3 Å². The Morgan fingerprint density at radius 1 is 1.43 bits per heavy atom. The van der Waals surface area contributed by atoms with E-state index in [2.05, 4.69) is 16.1 Å². The molecule has 1 aromatic carbocycles. The summed E-state index contributed by atoms with van der Waals surface area (Å²) in [5.41, 5.74) is -0.557. The first-order valence-corrected chi connectivity index (χ1v) is 6.43. The van der Waals surface area contributed by atoms with Crippen LogP contribution < -0.4 is 9.47 Å². The van der Waals surface area contributed by atoms with Gasteiger partial charge < -0.3 is 9.47 Å². The molecule has 0 spiro atoms. The molecule has 7 heteroatoms. The van der Waals surface area contributed by atoms with Crippen molar-refractivity contribution in [3.63, 3.8) is 0 Å². The van der Waals surface area contributed by atoms with Crippen LogP contribution in [0.2, 0.25) is 0 Å². The van der Waals surface area contributed by atoms with Crippen molar-refractivity contribution in [1.82, 2.24) is 0 Å². The van der Waals surface area contributed by atoms with Gasteiger partial charge in [-0.2, -0.15) is 10.2 Å². The van der Waals surface area contributed by atoms with Crippen LogP contribution in [0.15, 0.2) is 28.4 Å². The summed E-state index contributed by atoms with van der Waals surface area (Å²) in [6.45, 7) is 0.269. The third-order valence-electron chi connectivity index (χ3n) is 3.18. The van der Waals surface area contributed by atoms with Crippen molar-refractivity contribution in [3.8, 4) is 23.8 Å². The minimum absolute atomic E-state index is 0.0989. The van der Waals surface area contributed by atoms with E-state index in [9.17, 15) is 10.1 Å². The fourth-order valence-corrected chi connectivity index (χ4v) is 1.88. The molecule has 1 aliphatic rings. The van der Waals surface area contributed by atoms with Crippen LogP contribution in [0.25, 0.3) is 0 Å². The Bertz CT molecular complexity index is 601. The molecule has 21 heavy (non-hydrogen) atoms. The van der Waals surface area contributed by atoms with Gasteiger partial charge in [-0.05, 0) is 6.07 Å². The monoisotopic (exact) mass is 289 g/mol. The molecule has 7 nitrogen and oxygen atoms in total. The Morgan fingerprint density at radius 2 is 2.19 bits per heavy atom. The Balaban J connectivity index is 1.96. The molecule has 0 aliphatic carbocycles. The average Bonchev–Trinajstić information content (AvgIpc) is 3.25. The average molecular weight is 289 g/mol. The molecule has 0 saturated carbocycles. The van der Waals surface area contributed by atoms with Crippen LogP contribution in [0.1, 0.15) is 19.3 Å². The second-order valence-electron chi connectivity index (χ2n) is 4.58. The number of terminal acetylenes is 1. The highest BCUT2D eigenvalue weighted by atomic mass is 16.6. The molecule has 0 N–H and O–H groups in total. The zero-order valence-corrected chi connectivity index (χ0v) is 11.6. The summed E-state index contributed by atoms with van der Waals surface area (Å²) >= 11 is 0. The lowest BCUT2D eigenvalue weighted by molar-refractivity contribution is -0.385. The highest BCUT2D eigenvalue weighted by Crippen LogP contribution is 2.37. The Morgan fingerprint density at radius 3 is 2.76 bits per heavy atom. The summed E-state index contributed by atoms with van der Waals surface area (Å²) < 4.78 is 10.5. The zero-order chi connectivity index (χ0) is 15.3. The Kier molecular flexibility index (Phi) is 4.38. The summed E-state index contributed by atoms with van der Waals surface area (Å²) in [7, 11) is 1.49. The summed E-state index contributed by atoms with van der Waals surface area (Å²) in [5, 5.41) is 18.9. The SMILES string of the molecule is C#CCCC1(CCOc2cc(OC)ccc2[N+](=O)[O-])N=N1. The van der Waals surface area contributed by atoms with Crippen LogP contribution in [0.5, 0.6) is 11.5 Å². The van der Waals surface area contributed by atoms with Gasteiger partial charge in [0.05, 0.1) is 18.6 Å². The molecule has 0 aromatic heterocycles. The van der Waals surface area contributed by atoms with Crippen LogP contribution in [0.3, 0.4) is 0 Å². The highest BCUT2D eigenvalue weighted by Gasteiger charge is 2.39. The summed E-state index contributed by atoms with van der Waals surface area (Å²) in [6, 6.07) is 4.37. The molecule has 1 aliphatic heterocycles. The lowest BCUT2D eigenvalue weighted by Crippen LogP contribution is -2.15. The molecule has 0 atom stereocenters. The smallest absolute Gasteiger partial charge is 0.311 e. The van der Waals surface area contributed by atoms with Crippen molar-refractivity contribution in [2.45, 2.75) is 24.9 Å². The molecule has 0 saturated heterocycles. The van der Waals surface area contributed by atoms with E-state index in [1.165, 1.54) is 25.3 Å². The Hall–Kier alpha value is -2.62. The van der Waals surface area contributed by atoms with E-state index in [0.29, 0.717) is 25.0 Å². The van der Waals surface area contributed by atoms with Crippen molar-refractivity contribution < 1.29 is 14.4 Å². The minimum Gasteiger partial charge on any atom is -0.497 e. The molecular weight excluding hydrogens is 274 g/mol. The summed E-state index contributed by atoms with van der Waals surface area (Å²) in [4.78, 5) is 10.5. The lowest BCUT2D eigenvalue weighted by Gasteiger charge is -2.11. The van der Waals surface area contributed by atoms with Crippen LogP contribution in [-0.2, 0) is 0 Å². The molecule has 2 rings (SSSR count). The van der Waals surface area contributed by atoms with Gasteiger partial charge in [0.15, 0.2) is 5.66 Å². The predicted molar refractivity (Wildman–Crippen MR) is 75.4 cm³/mol. The molecule has 0 fully saturated rings. The van der Waals surface area contributed by atoms with Gasteiger partial charge in [-0.3, -0.25) is 10.1 Å². The maximum Gasteiger partial charge on any atom is 0.311 e. The number of methoxy groups -OCH3 is 1. The van der Waals surface area contributed by atoms with Crippen LogP contribution in [-0.4, -0.2) is 24.3 Å². The largest absolute Gasteiger partial charge is 0.497 e. The maximum atomic E-state index is 11.0. The van der Waals surface area contributed by atoms with E-state index < -0.39 is 10.6 Å². The third-order valence-corrected chi connectivity index (χ3v) is 3.18. The molecular formula is C14H15N3O4. The fraction of sp³-hybridized carbons (Fsp3) is 0.429. The van der Waals surface area contributed by atoms with E-state index in [1.807, 2.05) is 0 Å². The van der Waals surface area contributed by atoms with Crippen LogP contribution in [0, 0.1) is 22.5 Å². The van der Waals surface area contributed by atoms with Gasteiger partial charge in [0.2, 0.25) is 5.75 Å². The predicted octanol–water partition coefficient (Wildman–Crippen LogP) is 2.95. The molecule has 0 unspecified atom stereocenters. The number of rotatable bonds is 8. The number of hydrogen-bond acceptors (Lipinski definition) is 6. The standard InChI is InChI=1S/C14H15N3O4/c1-3-4-7-14(15-16-14)8-9-21-13-10-11(20-2)5-6-12(13)17(18)19/h1,5-6,10H,4,7-9H2,2H3. The second kappa shape index (κ2) is 6.22. The molecule has 110 valence electrons. The van der Waals surface area contributed by atoms with Gasteiger partial charge in [-0.25, -0.2) is 0 Å². The second-order valence-corrected chi connectivity index (χ2v) is 4.58. The minimum atomic E-state index is -0.491. The molecule has 0 amide bonds. The van der Waals surface area contributed by atoms with E-state index in [4.69, 9.17) is 15.9 Å². The number of ether oxygens (including phenoxy) is 2. The van der Waals surface area contributed by atoms with Crippen molar-refractivity contribution in [1.29, 1.82) is 0 Å². The first kappa shape index (κ1) is 14.8. The fourth-order valence-electron chi connectivity index (χ4n) is 1.88. The van der Waals surface area contributed by atoms with Gasteiger partial charge in [0.1, 0.15) is 5.75 Å². The lowest BCUT2D eigenvalue weighted by atomic mass is 10.1. The Labute approximate surface area is 122 Å². The van der Waals surface area contributed by atoms with Crippen LogP contribution in [0.4, 0.5) is 5.69 Å². The molecule has 0 bridgehead atoms. The first-order chi connectivity index (χ1) is 10.1. The van der Waals surface area contributed by atoms with Crippen molar-refractivity contribution in [3.05, 3.63) is 28.3 Å². The number of nitro benzene ring substituents is 1. The highest BCUT2D eigenvalue weighted by molar-refractivity contribution is 5.50. The van der Waals surface area contributed by atoms with Gasteiger partial charge in [-0.1, -0.05) is 0 Å². The van der Waals surface area contributed by atoms with E-state index in [-0.39, 0.29) is 18.0 Å². The van der Waals surface area contributed by atoms with E-state index in [1.54, 1.807) is 0 Å². The molecule has 0 radical (unpaired) electrons. The topological polar surface area (TPSA) is 86.3 Å². The van der Waals surface area contributed by atoms with E-state index in [0.717, 1.165) is 0 Å². The molecule has 1 aromatic rings. The van der Waals surface area contributed by atoms with Crippen molar-refractivity contribution >= 4 is 5.69 Å². The quantitative estimate of drug-likeness (QED) is 0.418. The van der Waals surface area contributed by atoms with Crippen LogP contribution >= 0.6 is 0 Å². The number of nitro groups is 1. The normalized spacial score (nSPS) is 14.3. The molecule has 1 heterocycles. The number of hydrogen-bond donors (Lipinski definition) is 0. The van der Waals surface area contributed by atoms with Gasteiger partial charge in [0, 0.05) is 31.4 Å². The van der Waals surface area contributed by atoms with Gasteiger partial charge >= 0.3 is 5.69 Å².